The lowest BCUT2D eigenvalue weighted by molar-refractivity contribution is 0.0600. The van der Waals surface area contributed by atoms with Gasteiger partial charge in [0.15, 0.2) is 0 Å². The number of rotatable bonds is 3. The number of nitrogen functional groups attached to an aromatic ring is 1. The number of hydrogen-bond donors (Lipinski definition) is 1. The molecular formula is C11H15NO2. The molecule has 0 atom stereocenters. The zero-order chi connectivity index (χ0) is 10.6. The summed E-state index contributed by atoms with van der Waals surface area (Å²) in [7, 11) is 1.37. The topological polar surface area (TPSA) is 52.3 Å². The molecule has 1 rings (SSSR count). The molecule has 0 aliphatic heterocycles. The summed E-state index contributed by atoms with van der Waals surface area (Å²) in [5, 5.41) is 0. The molecule has 2 N–H and O–H groups in total. The van der Waals surface area contributed by atoms with Crippen LogP contribution in [-0.4, -0.2) is 13.1 Å². The van der Waals surface area contributed by atoms with Crippen molar-refractivity contribution >= 4 is 11.7 Å². The Morgan fingerprint density at radius 3 is 2.71 bits per heavy atom. The van der Waals surface area contributed by atoms with E-state index in [9.17, 15) is 4.79 Å². The molecule has 14 heavy (non-hydrogen) atoms. The van der Waals surface area contributed by atoms with Crippen LogP contribution in [0.4, 0.5) is 5.69 Å². The van der Waals surface area contributed by atoms with Gasteiger partial charge in [-0.05, 0) is 30.2 Å². The Balaban J connectivity index is 3.00. The highest BCUT2D eigenvalue weighted by Crippen LogP contribution is 2.14. The van der Waals surface area contributed by atoms with Crippen LogP contribution < -0.4 is 5.73 Å². The van der Waals surface area contributed by atoms with Crippen molar-refractivity contribution in [3.8, 4) is 0 Å². The molecule has 0 radical (unpaired) electrons. The fraction of sp³-hybridized carbons (Fsp3) is 0.364. The molecule has 0 aromatic heterocycles. The summed E-state index contributed by atoms with van der Waals surface area (Å²) in [6, 6.07) is 5.34. The fourth-order valence-electron chi connectivity index (χ4n) is 1.39. The van der Waals surface area contributed by atoms with Crippen molar-refractivity contribution in [3.05, 3.63) is 29.3 Å². The van der Waals surface area contributed by atoms with Gasteiger partial charge in [0.05, 0.1) is 12.7 Å². The smallest absolute Gasteiger partial charge is 0.337 e. The van der Waals surface area contributed by atoms with Crippen LogP contribution in [0, 0.1) is 0 Å². The van der Waals surface area contributed by atoms with Gasteiger partial charge in [-0.1, -0.05) is 13.3 Å². The maximum absolute atomic E-state index is 11.2. The molecule has 1 aromatic carbocycles. The minimum Gasteiger partial charge on any atom is -0.465 e. The number of esters is 1. The molecule has 0 amide bonds. The maximum Gasteiger partial charge on any atom is 0.337 e. The Morgan fingerprint density at radius 2 is 2.14 bits per heavy atom. The molecule has 0 saturated carbocycles. The van der Waals surface area contributed by atoms with Gasteiger partial charge >= 0.3 is 5.97 Å². The minimum absolute atomic E-state index is 0.338. The Labute approximate surface area is 83.9 Å². The average Bonchev–Trinajstić information content (AvgIpc) is 2.16. The molecule has 3 nitrogen and oxygen atoms in total. The zero-order valence-corrected chi connectivity index (χ0v) is 8.54. The Morgan fingerprint density at radius 1 is 1.43 bits per heavy atom. The summed E-state index contributed by atoms with van der Waals surface area (Å²) < 4.78 is 4.63. The van der Waals surface area contributed by atoms with E-state index in [1.165, 1.54) is 7.11 Å². The van der Waals surface area contributed by atoms with Crippen LogP contribution in [0.25, 0.3) is 0 Å². The van der Waals surface area contributed by atoms with Crippen molar-refractivity contribution in [1.82, 2.24) is 0 Å². The number of methoxy groups -OCH3 is 1. The lowest BCUT2D eigenvalue weighted by Gasteiger charge is -2.04. The van der Waals surface area contributed by atoms with E-state index in [4.69, 9.17) is 5.73 Å². The van der Waals surface area contributed by atoms with Crippen LogP contribution in [0.5, 0.6) is 0 Å². The normalized spacial score (nSPS) is 9.86. The molecule has 0 aliphatic carbocycles. The van der Waals surface area contributed by atoms with E-state index >= 15 is 0 Å². The van der Waals surface area contributed by atoms with Gasteiger partial charge in [0, 0.05) is 5.69 Å². The summed E-state index contributed by atoms with van der Waals surface area (Å²) in [5.74, 6) is -0.338. The number of nitrogens with two attached hydrogens (primary N) is 1. The van der Waals surface area contributed by atoms with Crippen molar-refractivity contribution in [3.63, 3.8) is 0 Å². The summed E-state index contributed by atoms with van der Waals surface area (Å²) in [5.41, 5.74) is 7.88. The number of hydrogen-bond acceptors (Lipinski definition) is 3. The summed E-state index contributed by atoms with van der Waals surface area (Å²) in [6.07, 6.45) is 1.96. The summed E-state index contributed by atoms with van der Waals surface area (Å²) in [4.78, 5) is 11.2. The van der Waals surface area contributed by atoms with Gasteiger partial charge in [0.1, 0.15) is 0 Å². The lowest BCUT2D eigenvalue weighted by Crippen LogP contribution is -2.03. The number of carbonyl (C=O) groups is 1. The second kappa shape index (κ2) is 4.65. The molecule has 0 spiro atoms. The van der Waals surface area contributed by atoms with Crippen LogP contribution in [0.15, 0.2) is 18.2 Å². The van der Waals surface area contributed by atoms with Gasteiger partial charge in [0.25, 0.3) is 0 Å². The molecule has 3 heteroatoms. The summed E-state index contributed by atoms with van der Waals surface area (Å²) in [6.45, 7) is 2.08. The first-order chi connectivity index (χ1) is 6.67. The van der Waals surface area contributed by atoms with Crippen molar-refractivity contribution in [1.29, 1.82) is 0 Å². The lowest BCUT2D eigenvalue weighted by atomic mass is 10.1. The van der Waals surface area contributed by atoms with Gasteiger partial charge in [-0.2, -0.15) is 0 Å². The van der Waals surface area contributed by atoms with Crippen LogP contribution in [0.1, 0.15) is 29.3 Å². The molecular weight excluding hydrogens is 178 g/mol. The van der Waals surface area contributed by atoms with E-state index in [0.29, 0.717) is 11.3 Å². The Kier molecular flexibility index (Phi) is 3.51. The van der Waals surface area contributed by atoms with Crippen molar-refractivity contribution < 1.29 is 9.53 Å². The van der Waals surface area contributed by atoms with E-state index in [0.717, 1.165) is 18.4 Å². The molecule has 0 saturated heterocycles. The van der Waals surface area contributed by atoms with Crippen LogP contribution in [-0.2, 0) is 11.2 Å². The second-order valence-corrected chi connectivity index (χ2v) is 3.20. The zero-order valence-electron chi connectivity index (χ0n) is 8.54. The van der Waals surface area contributed by atoms with Crippen molar-refractivity contribution in [2.75, 3.05) is 12.8 Å². The molecule has 1 aromatic rings. The van der Waals surface area contributed by atoms with Crippen LogP contribution >= 0.6 is 0 Å². The van der Waals surface area contributed by atoms with Crippen molar-refractivity contribution in [2.45, 2.75) is 19.8 Å². The number of benzene rings is 1. The molecule has 0 heterocycles. The van der Waals surface area contributed by atoms with E-state index in [1.807, 2.05) is 12.1 Å². The minimum atomic E-state index is -0.338. The molecule has 0 unspecified atom stereocenters. The molecule has 0 bridgehead atoms. The predicted molar refractivity (Wildman–Crippen MR) is 56.2 cm³/mol. The number of ether oxygens (including phenoxy) is 1. The number of anilines is 1. The summed E-state index contributed by atoms with van der Waals surface area (Å²) >= 11 is 0. The van der Waals surface area contributed by atoms with E-state index < -0.39 is 0 Å². The average molecular weight is 193 g/mol. The highest BCUT2D eigenvalue weighted by Gasteiger charge is 2.06. The van der Waals surface area contributed by atoms with Crippen molar-refractivity contribution in [2.24, 2.45) is 0 Å². The monoisotopic (exact) mass is 193 g/mol. The first kappa shape index (κ1) is 10.6. The highest BCUT2D eigenvalue weighted by atomic mass is 16.5. The quantitative estimate of drug-likeness (QED) is 0.590. The van der Waals surface area contributed by atoms with E-state index in [1.54, 1.807) is 6.07 Å². The van der Waals surface area contributed by atoms with Gasteiger partial charge < -0.3 is 10.5 Å². The van der Waals surface area contributed by atoms with Gasteiger partial charge in [-0.3, -0.25) is 0 Å². The Hall–Kier alpha value is -1.51. The van der Waals surface area contributed by atoms with Crippen LogP contribution in [0.3, 0.4) is 0 Å². The first-order valence-corrected chi connectivity index (χ1v) is 4.65. The predicted octanol–water partition coefficient (Wildman–Crippen LogP) is 2.01. The Bertz CT molecular complexity index is 334. The van der Waals surface area contributed by atoms with Gasteiger partial charge in [0.2, 0.25) is 0 Å². The standard InChI is InChI=1S/C11H15NO2/c1-3-4-8-5-9(11(13)14-2)7-10(12)6-8/h5-7H,3-4,12H2,1-2H3. The number of aryl methyl sites for hydroxylation is 1. The number of carbonyl (C=O) groups excluding carboxylic acids is 1. The van der Waals surface area contributed by atoms with E-state index in [2.05, 4.69) is 11.7 Å². The van der Waals surface area contributed by atoms with Crippen LogP contribution in [0.2, 0.25) is 0 Å². The second-order valence-electron chi connectivity index (χ2n) is 3.20. The largest absolute Gasteiger partial charge is 0.465 e. The molecule has 0 aliphatic rings. The maximum atomic E-state index is 11.2. The molecule has 76 valence electrons. The SMILES string of the molecule is CCCc1cc(N)cc(C(=O)OC)c1. The van der Waals surface area contributed by atoms with Gasteiger partial charge in [-0.25, -0.2) is 4.79 Å². The van der Waals surface area contributed by atoms with E-state index in [-0.39, 0.29) is 5.97 Å². The first-order valence-electron chi connectivity index (χ1n) is 4.65. The third-order valence-corrected chi connectivity index (χ3v) is 1.97. The fourth-order valence-corrected chi connectivity index (χ4v) is 1.39. The van der Waals surface area contributed by atoms with Gasteiger partial charge in [-0.15, -0.1) is 0 Å². The third kappa shape index (κ3) is 2.49. The third-order valence-electron chi connectivity index (χ3n) is 1.97. The highest BCUT2D eigenvalue weighted by molar-refractivity contribution is 5.90. The molecule has 0 fully saturated rings.